The summed E-state index contributed by atoms with van der Waals surface area (Å²) in [6, 6.07) is 6.68. The number of nitrogens with zero attached hydrogens (tertiary/aromatic N) is 2. The molecular formula is C17H17N5O3. The monoisotopic (exact) mass is 339 g/mol. The highest BCUT2D eigenvalue weighted by atomic mass is 16.2. The van der Waals surface area contributed by atoms with Crippen molar-refractivity contribution in [3.8, 4) is 0 Å². The van der Waals surface area contributed by atoms with E-state index in [2.05, 4.69) is 20.8 Å². The second kappa shape index (κ2) is 6.14. The largest absolute Gasteiger partial charge is 0.312 e. The molecule has 4 rings (SSSR count). The van der Waals surface area contributed by atoms with Crippen LogP contribution in [-0.2, 0) is 17.8 Å². The molecule has 0 radical (unpaired) electrons. The van der Waals surface area contributed by atoms with Gasteiger partial charge in [0, 0.05) is 43.7 Å². The maximum absolute atomic E-state index is 12.3. The molecule has 25 heavy (non-hydrogen) atoms. The zero-order valence-electron chi connectivity index (χ0n) is 13.5. The van der Waals surface area contributed by atoms with E-state index in [-0.39, 0.29) is 30.7 Å². The molecule has 2 aromatic rings. The molecule has 0 atom stereocenters. The number of carbonyl (C=O) groups is 3. The summed E-state index contributed by atoms with van der Waals surface area (Å²) < 4.78 is 0. The highest BCUT2D eigenvalue weighted by molar-refractivity contribution is 6.21. The first kappa shape index (κ1) is 15.5. The van der Waals surface area contributed by atoms with E-state index in [0.29, 0.717) is 23.5 Å². The van der Waals surface area contributed by atoms with Gasteiger partial charge >= 0.3 is 0 Å². The Morgan fingerprint density at radius 2 is 1.92 bits per heavy atom. The molecule has 1 aromatic carbocycles. The third-order valence-corrected chi connectivity index (χ3v) is 4.50. The number of hydrogen-bond acceptors (Lipinski definition) is 5. The zero-order valence-corrected chi connectivity index (χ0v) is 13.5. The van der Waals surface area contributed by atoms with Crippen molar-refractivity contribution in [3.05, 3.63) is 46.6 Å². The van der Waals surface area contributed by atoms with Gasteiger partial charge in [-0.25, -0.2) is 0 Å². The minimum Gasteiger partial charge on any atom is -0.312 e. The first-order valence-corrected chi connectivity index (χ1v) is 8.17. The third kappa shape index (κ3) is 2.70. The van der Waals surface area contributed by atoms with Crippen LogP contribution in [0.1, 0.15) is 38.4 Å². The van der Waals surface area contributed by atoms with Gasteiger partial charge in [0.2, 0.25) is 5.91 Å². The van der Waals surface area contributed by atoms with Crippen LogP contribution in [0.4, 0.5) is 5.82 Å². The number of amides is 3. The molecule has 2 aliphatic rings. The van der Waals surface area contributed by atoms with Gasteiger partial charge in [-0.05, 0) is 12.1 Å². The number of rotatable bonds is 4. The topological polar surface area (TPSA) is 107 Å². The van der Waals surface area contributed by atoms with Crippen LogP contribution in [-0.4, -0.2) is 45.9 Å². The van der Waals surface area contributed by atoms with E-state index in [4.69, 9.17) is 0 Å². The molecular weight excluding hydrogens is 322 g/mol. The first-order valence-electron chi connectivity index (χ1n) is 8.17. The lowest BCUT2D eigenvalue weighted by molar-refractivity contribution is -0.116. The highest BCUT2D eigenvalue weighted by Crippen LogP contribution is 2.23. The quantitative estimate of drug-likeness (QED) is 0.710. The van der Waals surface area contributed by atoms with Crippen molar-refractivity contribution in [2.45, 2.75) is 19.4 Å². The molecule has 1 aromatic heterocycles. The number of benzene rings is 1. The summed E-state index contributed by atoms with van der Waals surface area (Å²) in [6.45, 7) is 1.57. The maximum Gasteiger partial charge on any atom is 0.261 e. The average Bonchev–Trinajstić information content (AvgIpc) is 3.14. The van der Waals surface area contributed by atoms with Crippen LogP contribution in [0.15, 0.2) is 24.3 Å². The lowest BCUT2D eigenvalue weighted by Gasteiger charge is -2.15. The number of imide groups is 1. The van der Waals surface area contributed by atoms with E-state index in [0.717, 1.165) is 29.1 Å². The summed E-state index contributed by atoms with van der Waals surface area (Å²) >= 11 is 0. The van der Waals surface area contributed by atoms with Crippen LogP contribution in [0.3, 0.4) is 0 Å². The molecule has 0 saturated heterocycles. The fraction of sp³-hybridized carbons (Fsp3) is 0.294. The number of fused-ring (bicyclic) bond motifs is 2. The number of H-pyrrole nitrogens is 1. The Hall–Kier alpha value is -3.00. The fourth-order valence-corrected chi connectivity index (χ4v) is 3.18. The van der Waals surface area contributed by atoms with Gasteiger partial charge in [-0.15, -0.1) is 0 Å². The molecule has 3 N–H and O–H groups in total. The summed E-state index contributed by atoms with van der Waals surface area (Å²) in [4.78, 5) is 37.9. The van der Waals surface area contributed by atoms with Crippen molar-refractivity contribution in [2.75, 3.05) is 18.4 Å². The molecule has 0 fully saturated rings. The van der Waals surface area contributed by atoms with Crippen LogP contribution in [0.25, 0.3) is 0 Å². The summed E-state index contributed by atoms with van der Waals surface area (Å²) in [6.07, 6.45) is 0.869. The van der Waals surface area contributed by atoms with Crippen molar-refractivity contribution in [1.29, 1.82) is 0 Å². The van der Waals surface area contributed by atoms with Gasteiger partial charge in [0.1, 0.15) is 0 Å². The van der Waals surface area contributed by atoms with Crippen molar-refractivity contribution in [1.82, 2.24) is 20.4 Å². The molecule has 0 spiro atoms. The van der Waals surface area contributed by atoms with E-state index >= 15 is 0 Å². The van der Waals surface area contributed by atoms with Crippen LogP contribution in [0, 0.1) is 0 Å². The predicted octanol–water partition coefficient (Wildman–Crippen LogP) is 0.680. The van der Waals surface area contributed by atoms with Gasteiger partial charge in [0.05, 0.1) is 11.1 Å². The van der Waals surface area contributed by atoms with Gasteiger partial charge in [0.25, 0.3) is 11.8 Å². The number of anilines is 1. The second-order valence-electron chi connectivity index (χ2n) is 6.06. The van der Waals surface area contributed by atoms with E-state index < -0.39 is 0 Å². The van der Waals surface area contributed by atoms with Crippen LogP contribution >= 0.6 is 0 Å². The van der Waals surface area contributed by atoms with E-state index in [1.807, 2.05) is 0 Å². The van der Waals surface area contributed by atoms with Crippen LogP contribution in [0.2, 0.25) is 0 Å². The summed E-state index contributed by atoms with van der Waals surface area (Å²) in [5, 5.41) is 13.1. The Morgan fingerprint density at radius 3 is 2.64 bits per heavy atom. The highest BCUT2D eigenvalue weighted by Gasteiger charge is 2.35. The minimum absolute atomic E-state index is 0.0283. The standard InChI is InChI=1S/C17H17N5O3/c23-14(19-15-12-9-18-7-5-13(12)20-21-15)6-8-22-16(24)10-3-1-2-4-11(10)17(22)25/h1-4,18H,5-9H2,(H2,19,20,21,23). The summed E-state index contributed by atoms with van der Waals surface area (Å²) in [5.74, 6) is -0.476. The minimum atomic E-state index is -0.352. The first-order chi connectivity index (χ1) is 12.1. The van der Waals surface area contributed by atoms with Crippen molar-refractivity contribution in [2.24, 2.45) is 0 Å². The van der Waals surface area contributed by atoms with Crippen LogP contribution < -0.4 is 10.6 Å². The molecule has 0 aliphatic carbocycles. The maximum atomic E-state index is 12.3. The van der Waals surface area contributed by atoms with Crippen molar-refractivity contribution < 1.29 is 14.4 Å². The second-order valence-corrected chi connectivity index (χ2v) is 6.06. The van der Waals surface area contributed by atoms with Crippen LogP contribution in [0.5, 0.6) is 0 Å². The Bertz CT molecular complexity index is 838. The molecule has 8 nitrogen and oxygen atoms in total. The molecule has 0 unspecified atom stereocenters. The molecule has 8 heteroatoms. The molecule has 0 saturated carbocycles. The van der Waals surface area contributed by atoms with Gasteiger partial charge in [-0.1, -0.05) is 12.1 Å². The summed E-state index contributed by atoms with van der Waals surface area (Å²) in [7, 11) is 0. The smallest absolute Gasteiger partial charge is 0.261 e. The third-order valence-electron chi connectivity index (χ3n) is 4.50. The Kier molecular flexibility index (Phi) is 3.81. The summed E-state index contributed by atoms with van der Waals surface area (Å²) in [5.41, 5.74) is 2.76. The molecule has 3 heterocycles. The van der Waals surface area contributed by atoms with Crippen molar-refractivity contribution >= 4 is 23.5 Å². The average molecular weight is 339 g/mol. The van der Waals surface area contributed by atoms with E-state index in [1.165, 1.54) is 0 Å². The van der Waals surface area contributed by atoms with Crippen molar-refractivity contribution in [3.63, 3.8) is 0 Å². The van der Waals surface area contributed by atoms with E-state index in [9.17, 15) is 14.4 Å². The van der Waals surface area contributed by atoms with E-state index in [1.54, 1.807) is 24.3 Å². The lowest BCUT2D eigenvalue weighted by Crippen LogP contribution is -2.33. The molecule has 3 amide bonds. The SMILES string of the molecule is O=C(CCN1C(=O)c2ccccc2C1=O)Nc1n[nH]c2c1CNCC2. The molecule has 0 bridgehead atoms. The zero-order chi connectivity index (χ0) is 17.4. The van der Waals surface area contributed by atoms with Gasteiger partial charge < -0.3 is 10.6 Å². The number of aromatic amines is 1. The number of nitrogens with one attached hydrogen (secondary N) is 3. The normalized spacial score (nSPS) is 15.9. The predicted molar refractivity (Wildman–Crippen MR) is 89.1 cm³/mol. The Balaban J connectivity index is 1.39. The van der Waals surface area contributed by atoms with Gasteiger partial charge in [-0.2, -0.15) is 5.10 Å². The molecule has 2 aliphatic heterocycles. The number of carbonyl (C=O) groups excluding carboxylic acids is 3. The number of hydrogen-bond donors (Lipinski definition) is 3. The number of aromatic nitrogens is 2. The Labute approximate surface area is 143 Å². The van der Waals surface area contributed by atoms with Gasteiger partial charge in [-0.3, -0.25) is 24.4 Å². The lowest BCUT2D eigenvalue weighted by atomic mass is 10.1. The fourth-order valence-electron chi connectivity index (χ4n) is 3.18. The van der Waals surface area contributed by atoms with Gasteiger partial charge in [0.15, 0.2) is 5.82 Å². The molecule has 128 valence electrons. The Morgan fingerprint density at radius 1 is 1.20 bits per heavy atom.